The molecule has 10 heteroatoms. The molecule has 2 unspecified atom stereocenters. The Morgan fingerprint density at radius 2 is 0.733 bits per heavy atom. The largest absolute Gasteiger partial charge is 0.392 e. The van der Waals surface area contributed by atoms with Gasteiger partial charge in [0.1, 0.15) is 11.6 Å². The summed E-state index contributed by atoms with van der Waals surface area (Å²) in [6.07, 6.45) is 21.2. The number of aliphatic hydroxyl groups is 4. The fourth-order valence-corrected chi connectivity index (χ4v) is 9.11. The number of rotatable bonds is 0. The first kappa shape index (κ1) is 40.4. The van der Waals surface area contributed by atoms with Crippen molar-refractivity contribution >= 4 is 28.4 Å². The summed E-state index contributed by atoms with van der Waals surface area (Å²) in [6.45, 7) is 4.00. The standard InChI is InChI=1S/2C9H16O2.C9H12O2.2C4H8O.2B/c3*10-7-3-1-5-9(7)6-2-4-8(9)11;2*1-2-4-5-3-1;;/h2*7-8,10-11H,1-6H2;1-6H2;2*1-4H2;;/t7-,8?,9?;7-,8-,9?;;;;;/m01...../s1. The van der Waals surface area contributed by atoms with Gasteiger partial charge in [-0.25, -0.2) is 0 Å². The van der Waals surface area contributed by atoms with Gasteiger partial charge in [0.05, 0.1) is 29.8 Å². The molecule has 8 fully saturated rings. The van der Waals surface area contributed by atoms with Gasteiger partial charge in [-0.2, -0.15) is 0 Å². The minimum atomic E-state index is -0.472. The van der Waals surface area contributed by atoms with Crippen LogP contribution in [0.5, 0.6) is 0 Å². The van der Waals surface area contributed by atoms with Gasteiger partial charge in [0.25, 0.3) is 0 Å². The second kappa shape index (κ2) is 19.3. The zero-order valence-corrected chi connectivity index (χ0v) is 27.8. The van der Waals surface area contributed by atoms with Crippen molar-refractivity contribution in [3.05, 3.63) is 0 Å². The summed E-state index contributed by atoms with van der Waals surface area (Å²) in [5.74, 6) is 0.444. The highest BCUT2D eigenvalue weighted by Crippen LogP contribution is 2.51. The van der Waals surface area contributed by atoms with Crippen molar-refractivity contribution in [2.45, 2.75) is 166 Å². The predicted octanol–water partition coefficient (Wildman–Crippen LogP) is 4.44. The second-order valence-electron chi connectivity index (χ2n) is 14.4. The van der Waals surface area contributed by atoms with Gasteiger partial charge in [0, 0.05) is 66.9 Å². The van der Waals surface area contributed by atoms with Crippen LogP contribution in [0.1, 0.15) is 141 Å². The summed E-state index contributed by atoms with van der Waals surface area (Å²) in [5.41, 5.74) is -0.639. The topological polar surface area (TPSA) is 134 Å². The van der Waals surface area contributed by atoms with E-state index >= 15 is 0 Å². The molecule has 8 aliphatic rings. The molecule has 4 N–H and O–H groups in total. The van der Waals surface area contributed by atoms with E-state index in [-0.39, 0.29) is 63.6 Å². The predicted molar refractivity (Wildman–Crippen MR) is 176 cm³/mol. The van der Waals surface area contributed by atoms with Crippen LogP contribution in [-0.4, -0.2) is 99.7 Å². The molecule has 6 aliphatic carbocycles. The smallest absolute Gasteiger partial charge is 0.146 e. The lowest BCUT2D eigenvalue weighted by atomic mass is 9.80. The van der Waals surface area contributed by atoms with E-state index in [4.69, 9.17) is 9.47 Å². The molecule has 254 valence electrons. The van der Waals surface area contributed by atoms with Crippen molar-refractivity contribution in [2.24, 2.45) is 16.2 Å². The van der Waals surface area contributed by atoms with Gasteiger partial charge in [0.15, 0.2) is 0 Å². The maximum Gasteiger partial charge on any atom is 0.146 e. The van der Waals surface area contributed by atoms with E-state index < -0.39 is 5.41 Å². The van der Waals surface area contributed by atoms with Gasteiger partial charge in [-0.1, -0.05) is 25.7 Å². The van der Waals surface area contributed by atoms with Crippen molar-refractivity contribution in [3.8, 4) is 0 Å². The van der Waals surface area contributed by atoms with Crippen LogP contribution in [0, 0.1) is 16.2 Å². The number of ketones is 2. The lowest BCUT2D eigenvalue weighted by Gasteiger charge is -2.31. The number of Topliss-reactive ketones (excluding diaryl/α,β-unsaturated/α-hetero) is 2. The number of carbonyl (C=O) groups is 2. The molecular weight excluding hydrogens is 570 g/mol. The van der Waals surface area contributed by atoms with Gasteiger partial charge in [0.2, 0.25) is 0 Å². The molecule has 5 atom stereocenters. The summed E-state index contributed by atoms with van der Waals surface area (Å²) in [5, 5.41) is 38.8. The number of ether oxygens (including phenoxy) is 2. The SMILES string of the molecule is C1CCOC1.C1CCOC1.O=C1CCCC12CCCC2=O.OC1CCCC12CCC[C@@H]2O.O[C@@H]1CCCC12CCC[C@H]2O.[B].[B]. The van der Waals surface area contributed by atoms with Crippen molar-refractivity contribution in [3.63, 3.8) is 0 Å². The van der Waals surface area contributed by atoms with Crippen LogP contribution < -0.4 is 0 Å². The van der Waals surface area contributed by atoms with Gasteiger partial charge < -0.3 is 29.9 Å². The zero-order chi connectivity index (χ0) is 30.8. The molecule has 45 heavy (non-hydrogen) atoms. The van der Waals surface area contributed by atoms with Crippen molar-refractivity contribution in [2.75, 3.05) is 26.4 Å². The molecule has 2 aliphatic heterocycles. The summed E-state index contributed by atoms with van der Waals surface area (Å²) in [4.78, 5) is 22.8. The third-order valence-electron chi connectivity index (χ3n) is 11.9. The lowest BCUT2D eigenvalue weighted by Crippen LogP contribution is -2.37. The molecular formula is C35H60B2O8. The highest BCUT2D eigenvalue weighted by atomic mass is 16.5. The first-order valence-corrected chi connectivity index (χ1v) is 17.7. The van der Waals surface area contributed by atoms with Crippen LogP contribution in [0.3, 0.4) is 0 Å². The molecule has 0 aromatic rings. The molecule has 2 saturated heterocycles. The second-order valence-corrected chi connectivity index (χ2v) is 14.4. The number of carbonyl (C=O) groups excluding carboxylic acids is 2. The van der Waals surface area contributed by atoms with E-state index in [1.54, 1.807) is 0 Å². The number of aliphatic hydroxyl groups excluding tert-OH is 4. The minimum absolute atomic E-state index is 0. The van der Waals surface area contributed by atoms with Gasteiger partial charge in [-0.3, -0.25) is 9.59 Å². The van der Waals surface area contributed by atoms with Gasteiger partial charge >= 0.3 is 0 Å². The van der Waals surface area contributed by atoms with Gasteiger partial charge in [-0.05, 0) is 103 Å². The first-order valence-electron chi connectivity index (χ1n) is 17.7. The fraction of sp³-hybridized carbons (Fsp3) is 0.943. The minimum Gasteiger partial charge on any atom is -0.392 e. The number of hydrogen-bond donors (Lipinski definition) is 4. The molecule has 6 radical (unpaired) electrons. The Bertz CT molecular complexity index is 756. The highest BCUT2D eigenvalue weighted by Gasteiger charge is 2.51. The Labute approximate surface area is 275 Å². The van der Waals surface area contributed by atoms with Gasteiger partial charge in [-0.15, -0.1) is 0 Å². The Morgan fingerprint density at radius 1 is 0.444 bits per heavy atom. The first-order chi connectivity index (χ1) is 20.8. The molecule has 8 nitrogen and oxygen atoms in total. The van der Waals surface area contributed by atoms with Crippen molar-refractivity contribution in [1.82, 2.24) is 0 Å². The number of hydrogen-bond acceptors (Lipinski definition) is 8. The molecule has 2 heterocycles. The Kier molecular flexibility index (Phi) is 17.3. The molecule has 0 amide bonds. The normalized spacial score (nSPS) is 35.0. The molecule has 3 spiro atoms. The van der Waals surface area contributed by atoms with Crippen LogP contribution in [0.4, 0.5) is 0 Å². The average molecular weight is 630 g/mol. The van der Waals surface area contributed by atoms with E-state index in [9.17, 15) is 30.0 Å². The molecule has 6 saturated carbocycles. The molecule has 8 rings (SSSR count). The summed E-state index contributed by atoms with van der Waals surface area (Å²) in [7, 11) is 0. The summed E-state index contributed by atoms with van der Waals surface area (Å²) < 4.78 is 9.89. The van der Waals surface area contributed by atoms with E-state index in [2.05, 4.69) is 0 Å². The highest BCUT2D eigenvalue weighted by molar-refractivity contribution is 6.09. The van der Waals surface area contributed by atoms with Crippen LogP contribution in [0.2, 0.25) is 0 Å². The van der Waals surface area contributed by atoms with E-state index in [1.165, 1.54) is 25.7 Å². The van der Waals surface area contributed by atoms with E-state index in [1.807, 2.05) is 0 Å². The lowest BCUT2D eigenvalue weighted by molar-refractivity contribution is -0.136. The maximum absolute atomic E-state index is 11.4. The monoisotopic (exact) mass is 630 g/mol. The van der Waals surface area contributed by atoms with Crippen molar-refractivity contribution in [1.29, 1.82) is 0 Å². The Morgan fingerprint density at radius 3 is 0.889 bits per heavy atom. The summed E-state index contributed by atoms with van der Waals surface area (Å²) in [6, 6.07) is 0. The maximum atomic E-state index is 11.4. The van der Waals surface area contributed by atoms with Crippen molar-refractivity contribution < 1.29 is 39.5 Å². The zero-order valence-electron chi connectivity index (χ0n) is 27.8. The molecule has 0 aromatic carbocycles. The fourth-order valence-electron chi connectivity index (χ4n) is 9.11. The van der Waals surface area contributed by atoms with Crippen LogP contribution in [-0.2, 0) is 19.1 Å². The van der Waals surface area contributed by atoms with E-state index in [0.29, 0.717) is 12.8 Å². The Balaban J connectivity index is 0.000000201. The van der Waals surface area contributed by atoms with Crippen LogP contribution >= 0.6 is 0 Å². The van der Waals surface area contributed by atoms with Crippen LogP contribution in [0.25, 0.3) is 0 Å². The molecule has 0 bridgehead atoms. The van der Waals surface area contributed by atoms with E-state index in [0.717, 1.165) is 129 Å². The average Bonchev–Trinajstić information content (AvgIpc) is 3.85. The third-order valence-corrected chi connectivity index (χ3v) is 11.9. The quantitative estimate of drug-likeness (QED) is 0.228. The Hall–Kier alpha value is -0.770. The third kappa shape index (κ3) is 9.66. The van der Waals surface area contributed by atoms with Crippen LogP contribution in [0.15, 0.2) is 0 Å². The summed E-state index contributed by atoms with van der Waals surface area (Å²) >= 11 is 0. The molecule has 0 aromatic heterocycles.